The monoisotopic (exact) mass is 486 g/mol. The van der Waals surface area contributed by atoms with Crippen molar-refractivity contribution in [2.45, 2.75) is 52.2 Å². The molecule has 0 fully saturated rings. The van der Waals surface area contributed by atoms with Crippen LogP contribution in [0.4, 0.5) is 4.39 Å². The summed E-state index contributed by atoms with van der Waals surface area (Å²) >= 11 is 1.22. The fourth-order valence-electron chi connectivity index (χ4n) is 4.34. The standard InChI is InChI=1S/C24H27FN4O4S/c1-5-33-12-18-14(4)29(13(2)3)24(32)20-22(31)21(30)17(11-28(18)20)23-27-26-19(34-23)10-15-6-8-16(25)9-7-15/h6-9,11,13-14,18,31H,5,10,12H2,1-4H3/t14-,18-/m1/s1. The molecule has 0 spiro atoms. The number of fused-ring (bicyclic) bond motifs is 1. The Labute approximate surface area is 200 Å². The Morgan fingerprint density at radius 3 is 2.56 bits per heavy atom. The van der Waals surface area contributed by atoms with Gasteiger partial charge >= 0.3 is 0 Å². The van der Waals surface area contributed by atoms with Crippen LogP contribution in [0, 0.1) is 5.82 Å². The van der Waals surface area contributed by atoms with Crippen LogP contribution < -0.4 is 5.43 Å². The molecule has 10 heteroatoms. The van der Waals surface area contributed by atoms with Crippen molar-refractivity contribution in [2.75, 3.05) is 13.2 Å². The van der Waals surface area contributed by atoms with Crippen molar-refractivity contribution in [3.05, 3.63) is 62.8 Å². The minimum Gasteiger partial charge on any atom is -0.503 e. The fourth-order valence-corrected chi connectivity index (χ4v) is 5.22. The highest BCUT2D eigenvalue weighted by molar-refractivity contribution is 7.14. The molecule has 0 radical (unpaired) electrons. The number of benzene rings is 1. The molecule has 0 aliphatic carbocycles. The molecule has 180 valence electrons. The summed E-state index contributed by atoms with van der Waals surface area (Å²) in [5, 5.41) is 20.2. The lowest BCUT2D eigenvalue weighted by molar-refractivity contribution is 0.0252. The number of halogens is 1. The van der Waals surface area contributed by atoms with E-state index in [9.17, 15) is 19.1 Å². The van der Waals surface area contributed by atoms with Gasteiger partial charge in [-0.3, -0.25) is 9.59 Å². The van der Waals surface area contributed by atoms with Crippen molar-refractivity contribution in [3.63, 3.8) is 0 Å². The van der Waals surface area contributed by atoms with Crippen LogP contribution in [0.1, 0.15) is 54.8 Å². The Morgan fingerprint density at radius 1 is 1.21 bits per heavy atom. The number of hydrogen-bond acceptors (Lipinski definition) is 7. The molecule has 3 aromatic rings. The summed E-state index contributed by atoms with van der Waals surface area (Å²) in [5.41, 5.74) is 0.321. The van der Waals surface area contributed by atoms with E-state index in [0.717, 1.165) is 5.56 Å². The van der Waals surface area contributed by atoms with Crippen LogP contribution in [0.5, 0.6) is 5.75 Å². The molecule has 2 aromatic heterocycles. The van der Waals surface area contributed by atoms with Gasteiger partial charge in [0, 0.05) is 25.3 Å². The van der Waals surface area contributed by atoms with Crippen LogP contribution in [0.2, 0.25) is 0 Å². The van der Waals surface area contributed by atoms with Crippen molar-refractivity contribution in [1.82, 2.24) is 19.7 Å². The molecule has 3 heterocycles. The Hall–Kier alpha value is -3.11. The first-order chi connectivity index (χ1) is 16.2. The molecule has 2 atom stereocenters. The van der Waals surface area contributed by atoms with Crippen LogP contribution in [-0.4, -0.2) is 56.0 Å². The van der Waals surface area contributed by atoms with Gasteiger partial charge in [-0.1, -0.05) is 23.5 Å². The summed E-state index contributed by atoms with van der Waals surface area (Å²) in [6.07, 6.45) is 2.01. The predicted molar refractivity (Wildman–Crippen MR) is 127 cm³/mol. The maximum absolute atomic E-state index is 13.3. The number of carbonyl (C=O) groups excluding carboxylic acids is 1. The molecule has 0 unspecified atom stereocenters. The number of ether oxygens (including phenoxy) is 1. The van der Waals surface area contributed by atoms with E-state index in [2.05, 4.69) is 10.2 Å². The Balaban J connectivity index is 1.77. The van der Waals surface area contributed by atoms with Crippen LogP contribution >= 0.6 is 11.3 Å². The van der Waals surface area contributed by atoms with Gasteiger partial charge in [0.1, 0.15) is 10.8 Å². The summed E-state index contributed by atoms with van der Waals surface area (Å²) in [5.74, 6) is -1.32. The van der Waals surface area contributed by atoms with E-state index in [4.69, 9.17) is 4.74 Å². The largest absolute Gasteiger partial charge is 0.503 e. The normalized spacial score (nSPS) is 17.9. The van der Waals surface area contributed by atoms with Crippen molar-refractivity contribution >= 4 is 17.2 Å². The average Bonchev–Trinajstić information content (AvgIpc) is 3.25. The van der Waals surface area contributed by atoms with Crippen molar-refractivity contribution in [2.24, 2.45) is 0 Å². The first kappa shape index (κ1) is 24.0. The van der Waals surface area contributed by atoms with E-state index in [1.807, 2.05) is 27.7 Å². The van der Waals surface area contributed by atoms with Crippen molar-refractivity contribution in [1.29, 1.82) is 0 Å². The van der Waals surface area contributed by atoms with Gasteiger partial charge < -0.3 is 19.3 Å². The third-order valence-electron chi connectivity index (χ3n) is 6.02. The maximum atomic E-state index is 13.3. The van der Waals surface area contributed by atoms with Crippen LogP contribution in [-0.2, 0) is 11.2 Å². The lowest BCUT2D eigenvalue weighted by Gasteiger charge is -2.43. The van der Waals surface area contributed by atoms with E-state index in [1.165, 1.54) is 23.5 Å². The molecule has 1 aliphatic rings. The summed E-state index contributed by atoms with van der Waals surface area (Å²) in [6, 6.07) is 5.46. The highest BCUT2D eigenvalue weighted by atomic mass is 32.1. The van der Waals surface area contributed by atoms with Gasteiger partial charge in [0.05, 0.1) is 24.3 Å². The van der Waals surface area contributed by atoms with Crippen molar-refractivity contribution in [3.8, 4) is 16.3 Å². The van der Waals surface area contributed by atoms with E-state index in [0.29, 0.717) is 29.6 Å². The van der Waals surface area contributed by atoms with Gasteiger partial charge in [-0.25, -0.2) is 4.39 Å². The predicted octanol–water partition coefficient (Wildman–Crippen LogP) is 3.63. The third kappa shape index (κ3) is 4.35. The Morgan fingerprint density at radius 2 is 1.91 bits per heavy atom. The first-order valence-electron chi connectivity index (χ1n) is 11.2. The van der Waals surface area contributed by atoms with E-state index < -0.39 is 17.1 Å². The molecule has 4 rings (SSSR count). The van der Waals surface area contributed by atoms with Crippen LogP contribution in [0.25, 0.3) is 10.6 Å². The van der Waals surface area contributed by atoms with Gasteiger partial charge in [0.15, 0.2) is 16.5 Å². The van der Waals surface area contributed by atoms with Crippen LogP contribution in [0.3, 0.4) is 0 Å². The second-order valence-electron chi connectivity index (χ2n) is 8.55. The maximum Gasteiger partial charge on any atom is 0.275 e. The number of aromatic hydroxyl groups is 1. The number of amides is 1. The van der Waals surface area contributed by atoms with Gasteiger partial charge in [-0.05, 0) is 45.4 Å². The second kappa shape index (κ2) is 9.63. The highest BCUT2D eigenvalue weighted by Gasteiger charge is 2.41. The van der Waals surface area contributed by atoms with E-state index in [1.54, 1.807) is 27.8 Å². The molecule has 34 heavy (non-hydrogen) atoms. The molecule has 1 aliphatic heterocycles. The Bertz CT molecular complexity index is 1250. The molecule has 1 N–H and O–H groups in total. The zero-order chi connectivity index (χ0) is 24.6. The lowest BCUT2D eigenvalue weighted by atomic mass is 9.99. The zero-order valence-electron chi connectivity index (χ0n) is 19.5. The van der Waals surface area contributed by atoms with E-state index in [-0.39, 0.29) is 35.2 Å². The molecule has 0 saturated carbocycles. The van der Waals surface area contributed by atoms with Gasteiger partial charge in [0.25, 0.3) is 5.91 Å². The molecular formula is C24H27FN4O4S. The third-order valence-corrected chi connectivity index (χ3v) is 6.97. The summed E-state index contributed by atoms with van der Waals surface area (Å²) in [7, 11) is 0. The van der Waals surface area contributed by atoms with Crippen molar-refractivity contribution < 1.29 is 19.0 Å². The average molecular weight is 487 g/mol. The minimum absolute atomic E-state index is 0.0405. The van der Waals surface area contributed by atoms with Crippen LogP contribution in [0.15, 0.2) is 35.3 Å². The SMILES string of the molecule is CCOC[C@@H]1[C@@H](C)N(C(C)C)C(=O)c2c(O)c(=O)c(-c3nnc(Cc4ccc(F)cc4)s3)cn21. The van der Waals surface area contributed by atoms with E-state index >= 15 is 0 Å². The summed E-state index contributed by atoms with van der Waals surface area (Å²) in [4.78, 5) is 28.0. The quantitative estimate of drug-likeness (QED) is 0.548. The molecular weight excluding hydrogens is 459 g/mol. The number of hydrogen-bond donors (Lipinski definition) is 1. The highest BCUT2D eigenvalue weighted by Crippen LogP contribution is 2.34. The number of pyridine rings is 1. The molecule has 0 saturated heterocycles. The number of aromatic nitrogens is 3. The molecule has 0 bridgehead atoms. The minimum atomic E-state index is -0.669. The lowest BCUT2D eigenvalue weighted by Crippen LogP contribution is -2.54. The summed E-state index contributed by atoms with van der Waals surface area (Å²) < 4.78 is 20.5. The first-order valence-corrected chi connectivity index (χ1v) is 12.0. The summed E-state index contributed by atoms with van der Waals surface area (Å²) in [6.45, 7) is 8.43. The topological polar surface area (TPSA) is 97.6 Å². The zero-order valence-corrected chi connectivity index (χ0v) is 20.3. The second-order valence-corrected chi connectivity index (χ2v) is 9.62. The fraction of sp³-hybridized carbons (Fsp3) is 0.417. The number of nitrogens with zero attached hydrogens (tertiary/aromatic N) is 4. The Kier molecular flexibility index (Phi) is 6.81. The molecule has 1 amide bonds. The smallest absolute Gasteiger partial charge is 0.275 e. The molecule has 8 nitrogen and oxygen atoms in total. The van der Waals surface area contributed by atoms with Gasteiger partial charge in [-0.15, -0.1) is 10.2 Å². The van der Waals surface area contributed by atoms with Gasteiger partial charge in [-0.2, -0.15) is 0 Å². The van der Waals surface area contributed by atoms with Gasteiger partial charge in [0.2, 0.25) is 5.43 Å². The number of carbonyl (C=O) groups is 1. The molecule has 1 aromatic carbocycles. The number of rotatable bonds is 7.